The molecule has 0 saturated carbocycles. The lowest BCUT2D eigenvalue weighted by Gasteiger charge is -2.13. The van der Waals surface area contributed by atoms with Crippen LogP contribution in [0.3, 0.4) is 0 Å². The average Bonchev–Trinajstić information content (AvgIpc) is 4.16. The number of hydrogen-bond donors (Lipinski definition) is 0. The van der Waals surface area contributed by atoms with Gasteiger partial charge in [-0.25, -0.2) is 9.97 Å². The molecule has 0 aliphatic heterocycles. The first kappa shape index (κ1) is 42.5. The Kier molecular flexibility index (Phi) is 9.46. The number of rotatable bonds is 6. The van der Waals surface area contributed by atoms with Crippen molar-refractivity contribution in [1.82, 2.24) is 19.1 Å². The molecule has 0 amide bonds. The first-order chi connectivity index (χ1) is 37.1. The summed E-state index contributed by atoms with van der Waals surface area (Å²) in [5, 5.41) is 28.2. The van der Waals surface area contributed by atoms with Gasteiger partial charge in [0.15, 0.2) is 0 Å². The van der Waals surface area contributed by atoms with Crippen LogP contribution >= 0.6 is 11.3 Å². The molecule has 15 rings (SSSR count). The van der Waals surface area contributed by atoms with Crippen molar-refractivity contribution in [3.8, 4) is 66.6 Å². The Hall–Kier alpha value is -10.2. The third-order valence-corrected chi connectivity index (χ3v) is 16.2. The SMILES string of the molecule is N#Cc1ccc(-c2ccc3c4ccc(-c5ccc(C#N)cc5)cc4c4nc5c(-c6ccc7c8ccccc8n(-c8ccccc8)c7c6)sc(-c6ccc7c8ccccc8n(-c8ccccc8)c7c6)c5nc4c3c2)cc1. The maximum Gasteiger partial charge on any atom is 0.109 e. The van der Waals surface area contributed by atoms with E-state index in [2.05, 4.69) is 203 Å². The van der Waals surface area contributed by atoms with Crippen molar-refractivity contribution < 1.29 is 0 Å². The highest BCUT2D eigenvalue weighted by atomic mass is 32.1. The molecule has 0 radical (unpaired) electrons. The zero-order valence-corrected chi connectivity index (χ0v) is 40.8. The molecule has 4 aromatic heterocycles. The van der Waals surface area contributed by atoms with Gasteiger partial charge in [0.1, 0.15) is 11.0 Å². The number of para-hydroxylation sites is 4. The molecule has 0 aliphatic carbocycles. The molecule has 11 aromatic carbocycles. The summed E-state index contributed by atoms with van der Waals surface area (Å²) in [5.41, 5.74) is 17.4. The van der Waals surface area contributed by atoms with Crippen LogP contribution in [0.15, 0.2) is 231 Å². The lowest BCUT2D eigenvalue weighted by Crippen LogP contribution is -1.94. The van der Waals surface area contributed by atoms with Crippen LogP contribution in [0.1, 0.15) is 11.1 Å². The Bertz CT molecular complexity index is 4630. The van der Waals surface area contributed by atoms with Crippen LogP contribution in [0.25, 0.3) is 142 Å². The zero-order chi connectivity index (χ0) is 49.7. The Labute approximate surface area is 434 Å². The first-order valence-electron chi connectivity index (χ1n) is 24.9. The fourth-order valence-corrected chi connectivity index (χ4v) is 12.6. The second-order valence-corrected chi connectivity index (χ2v) is 20.1. The van der Waals surface area contributed by atoms with E-state index in [0.29, 0.717) is 11.1 Å². The van der Waals surface area contributed by atoms with Gasteiger partial charge in [0.25, 0.3) is 0 Å². The van der Waals surface area contributed by atoms with Gasteiger partial charge in [-0.3, -0.25) is 0 Å². The largest absolute Gasteiger partial charge is 0.309 e. The highest BCUT2D eigenvalue weighted by Gasteiger charge is 2.24. The Morgan fingerprint density at radius 1 is 0.293 bits per heavy atom. The fourth-order valence-electron chi connectivity index (χ4n) is 11.4. The third kappa shape index (κ3) is 6.63. The highest BCUT2D eigenvalue weighted by Crippen LogP contribution is 2.48. The number of aromatic nitrogens is 4. The van der Waals surface area contributed by atoms with Crippen molar-refractivity contribution in [2.24, 2.45) is 0 Å². The van der Waals surface area contributed by atoms with Crippen molar-refractivity contribution in [2.75, 3.05) is 0 Å². The highest BCUT2D eigenvalue weighted by molar-refractivity contribution is 7.21. The van der Waals surface area contributed by atoms with E-state index >= 15 is 0 Å². The zero-order valence-electron chi connectivity index (χ0n) is 40.0. The van der Waals surface area contributed by atoms with Crippen molar-refractivity contribution in [3.63, 3.8) is 0 Å². The van der Waals surface area contributed by atoms with E-state index in [-0.39, 0.29) is 0 Å². The molecular formula is C68H38N6S. The van der Waals surface area contributed by atoms with Gasteiger partial charge in [-0.15, -0.1) is 11.3 Å². The summed E-state index contributed by atoms with van der Waals surface area (Å²) in [7, 11) is 0. The summed E-state index contributed by atoms with van der Waals surface area (Å²) < 4.78 is 4.75. The van der Waals surface area contributed by atoms with Crippen LogP contribution in [0.2, 0.25) is 0 Å². The summed E-state index contributed by atoms with van der Waals surface area (Å²) in [5.74, 6) is 0. The summed E-state index contributed by atoms with van der Waals surface area (Å²) in [6.45, 7) is 0. The number of thiophene rings is 1. The lowest BCUT2D eigenvalue weighted by molar-refractivity contribution is 1.18. The van der Waals surface area contributed by atoms with Crippen LogP contribution in [0, 0.1) is 22.7 Å². The lowest BCUT2D eigenvalue weighted by atomic mass is 9.93. The van der Waals surface area contributed by atoms with E-state index in [0.717, 1.165) is 120 Å². The maximum atomic E-state index is 9.65. The predicted molar refractivity (Wildman–Crippen MR) is 310 cm³/mol. The van der Waals surface area contributed by atoms with Crippen LogP contribution in [0.4, 0.5) is 0 Å². The Morgan fingerprint density at radius 2 is 0.653 bits per heavy atom. The van der Waals surface area contributed by atoms with Gasteiger partial charge in [-0.05, 0) is 129 Å². The smallest absolute Gasteiger partial charge is 0.109 e. The van der Waals surface area contributed by atoms with Crippen molar-refractivity contribution in [1.29, 1.82) is 10.5 Å². The molecule has 0 unspecified atom stereocenters. The summed E-state index contributed by atoms with van der Waals surface area (Å²) in [4.78, 5) is 13.8. The van der Waals surface area contributed by atoms with Crippen molar-refractivity contribution in [2.45, 2.75) is 0 Å². The molecule has 0 fully saturated rings. The minimum atomic E-state index is 0.617. The Morgan fingerprint density at radius 3 is 1.08 bits per heavy atom. The molecule has 6 nitrogen and oxygen atoms in total. The number of nitrogens with zero attached hydrogens (tertiary/aromatic N) is 6. The molecule has 75 heavy (non-hydrogen) atoms. The summed E-state index contributed by atoms with van der Waals surface area (Å²) in [6.07, 6.45) is 0. The molecule has 0 aliphatic rings. The summed E-state index contributed by atoms with van der Waals surface area (Å²) >= 11 is 1.75. The quantitative estimate of drug-likeness (QED) is 0.155. The van der Waals surface area contributed by atoms with E-state index in [1.54, 1.807) is 11.3 Å². The van der Waals surface area contributed by atoms with Crippen molar-refractivity contribution in [3.05, 3.63) is 242 Å². The molecule has 4 heterocycles. The number of fused-ring (bicyclic) bond motifs is 13. The van der Waals surface area contributed by atoms with E-state index in [9.17, 15) is 10.5 Å². The maximum absolute atomic E-state index is 9.65. The monoisotopic (exact) mass is 970 g/mol. The van der Waals surface area contributed by atoms with E-state index in [1.807, 2.05) is 48.5 Å². The van der Waals surface area contributed by atoms with Crippen LogP contribution in [-0.2, 0) is 0 Å². The molecule has 0 atom stereocenters. The van der Waals surface area contributed by atoms with E-state index < -0.39 is 0 Å². The molecule has 346 valence electrons. The number of hydrogen-bond acceptors (Lipinski definition) is 5. The van der Waals surface area contributed by atoms with Crippen molar-refractivity contribution >= 4 is 98.6 Å². The van der Waals surface area contributed by atoms with E-state index in [1.165, 1.54) is 21.5 Å². The predicted octanol–water partition coefficient (Wildman–Crippen LogP) is 17.8. The second kappa shape index (κ2) is 16.7. The molecule has 0 spiro atoms. The third-order valence-electron chi connectivity index (χ3n) is 15.0. The standard InChI is InChI=1S/C68H38N6S/c69-39-41-19-23-43(24-20-41)45-27-31-51-52-32-28-46(44-25-21-42(40-70)22-26-44)36-58(52)64-63(57(51)35-45)71-65-66(72-64)68(48-30-34-56-54-16-8-10-18-60(54)74(62(56)38-48)50-13-5-2-6-14-50)75-67(65)47-29-33-55-53-15-7-9-17-59(53)73(61(55)37-47)49-11-3-1-4-12-49/h1-38H. The normalized spacial score (nSPS) is 11.7. The Balaban J connectivity index is 1.06. The number of nitriles is 2. The fraction of sp³-hybridized carbons (Fsp3) is 0. The topological polar surface area (TPSA) is 83.2 Å². The molecule has 15 aromatic rings. The molecule has 7 heteroatoms. The average molecular weight is 971 g/mol. The molecular weight excluding hydrogens is 933 g/mol. The molecule has 0 saturated heterocycles. The molecule has 0 bridgehead atoms. The molecule has 0 N–H and O–H groups in total. The van der Waals surface area contributed by atoms with Gasteiger partial charge in [-0.1, -0.05) is 146 Å². The van der Waals surface area contributed by atoms with Gasteiger partial charge in [0.05, 0.1) is 66.1 Å². The van der Waals surface area contributed by atoms with Gasteiger partial charge < -0.3 is 9.13 Å². The number of benzene rings is 11. The second-order valence-electron chi connectivity index (χ2n) is 19.1. The summed E-state index contributed by atoms with van der Waals surface area (Å²) in [6, 6.07) is 85.5. The van der Waals surface area contributed by atoms with Crippen LogP contribution < -0.4 is 0 Å². The van der Waals surface area contributed by atoms with Crippen LogP contribution in [-0.4, -0.2) is 19.1 Å². The van der Waals surface area contributed by atoms with Gasteiger partial charge in [0, 0.05) is 43.7 Å². The first-order valence-corrected chi connectivity index (χ1v) is 25.7. The minimum absolute atomic E-state index is 0.617. The van der Waals surface area contributed by atoms with Crippen LogP contribution in [0.5, 0.6) is 0 Å². The minimum Gasteiger partial charge on any atom is -0.309 e. The van der Waals surface area contributed by atoms with E-state index in [4.69, 9.17) is 9.97 Å². The van der Waals surface area contributed by atoms with Gasteiger partial charge in [-0.2, -0.15) is 10.5 Å². The van der Waals surface area contributed by atoms with Gasteiger partial charge >= 0.3 is 0 Å². The van der Waals surface area contributed by atoms with Gasteiger partial charge in [0.2, 0.25) is 0 Å².